The molecule has 7 nitrogen and oxygen atoms in total. The summed E-state index contributed by atoms with van der Waals surface area (Å²) in [5, 5.41) is 1.83. The lowest BCUT2D eigenvalue weighted by Gasteiger charge is -2.28. The number of esters is 1. The summed E-state index contributed by atoms with van der Waals surface area (Å²) in [6, 6.07) is 18.3. The van der Waals surface area contributed by atoms with Crippen LogP contribution in [0.5, 0.6) is 11.5 Å². The van der Waals surface area contributed by atoms with Gasteiger partial charge in [0.2, 0.25) is 0 Å². The molecule has 0 unspecified atom stereocenters. The van der Waals surface area contributed by atoms with Gasteiger partial charge in [0.15, 0.2) is 4.80 Å². The summed E-state index contributed by atoms with van der Waals surface area (Å²) < 4.78 is 19.2. The standard InChI is InChI=1S/C33H30N2O5S/c1-5-12-24-29(32(37)39-7-3)30(28-23-15-10-8-13-21(23)17-18-26(28)38-4)35-31(36)27(41-33(35)34-24)20-22-14-9-11-16-25(22)40-19-6-2/h2,8-11,13-18,20,30H,5,7,12,19H2,1,3-4H3/b27-20-/t30-/m0/s1. The molecule has 0 radical (unpaired) electrons. The number of ether oxygens (including phenoxy) is 3. The van der Waals surface area contributed by atoms with E-state index in [4.69, 9.17) is 25.6 Å². The van der Waals surface area contributed by atoms with Crippen molar-refractivity contribution in [2.24, 2.45) is 4.99 Å². The number of thiazole rings is 1. The predicted octanol–water partition coefficient (Wildman–Crippen LogP) is 4.75. The molecule has 41 heavy (non-hydrogen) atoms. The number of terminal acetylenes is 1. The zero-order valence-electron chi connectivity index (χ0n) is 23.2. The third kappa shape index (κ3) is 5.29. The second-order valence-electron chi connectivity index (χ2n) is 9.35. The second-order valence-corrected chi connectivity index (χ2v) is 10.4. The highest BCUT2D eigenvalue weighted by Gasteiger charge is 2.37. The van der Waals surface area contributed by atoms with Crippen LogP contribution in [-0.2, 0) is 9.53 Å². The van der Waals surface area contributed by atoms with Gasteiger partial charge < -0.3 is 14.2 Å². The van der Waals surface area contributed by atoms with Crippen LogP contribution in [0.15, 0.2) is 81.7 Å². The van der Waals surface area contributed by atoms with Crippen molar-refractivity contribution in [3.05, 3.63) is 103 Å². The Kier molecular flexibility index (Phi) is 8.37. The first kappa shape index (κ1) is 27.9. The monoisotopic (exact) mass is 566 g/mol. The van der Waals surface area contributed by atoms with E-state index in [1.54, 1.807) is 24.7 Å². The number of rotatable bonds is 9. The average molecular weight is 567 g/mol. The molecule has 5 rings (SSSR count). The van der Waals surface area contributed by atoms with Crippen LogP contribution in [0.2, 0.25) is 0 Å². The first-order valence-corrected chi connectivity index (χ1v) is 14.3. The summed E-state index contributed by atoms with van der Waals surface area (Å²) in [5.41, 5.74) is 2.10. The minimum absolute atomic E-state index is 0.107. The highest BCUT2D eigenvalue weighted by atomic mass is 32.1. The Morgan fingerprint density at radius 1 is 1.10 bits per heavy atom. The minimum Gasteiger partial charge on any atom is -0.496 e. The van der Waals surface area contributed by atoms with E-state index in [0.717, 1.165) is 17.2 Å². The highest BCUT2D eigenvalue weighted by molar-refractivity contribution is 7.07. The topological polar surface area (TPSA) is 79.1 Å². The van der Waals surface area contributed by atoms with E-state index in [0.29, 0.717) is 49.7 Å². The minimum atomic E-state index is -0.803. The summed E-state index contributed by atoms with van der Waals surface area (Å²) in [5.74, 6) is 3.11. The fraction of sp³-hybridized carbons (Fsp3) is 0.242. The van der Waals surface area contributed by atoms with Crippen molar-refractivity contribution in [1.82, 2.24) is 4.57 Å². The van der Waals surface area contributed by atoms with Crippen molar-refractivity contribution < 1.29 is 19.0 Å². The van der Waals surface area contributed by atoms with Gasteiger partial charge in [-0.2, -0.15) is 0 Å². The van der Waals surface area contributed by atoms with Crippen LogP contribution in [0.3, 0.4) is 0 Å². The van der Waals surface area contributed by atoms with Gasteiger partial charge in [0.1, 0.15) is 24.1 Å². The number of aromatic nitrogens is 1. The summed E-state index contributed by atoms with van der Waals surface area (Å²) in [6.07, 6.45) is 8.48. The van der Waals surface area contributed by atoms with Crippen LogP contribution in [0.1, 0.15) is 43.9 Å². The summed E-state index contributed by atoms with van der Waals surface area (Å²) >= 11 is 1.27. The maximum Gasteiger partial charge on any atom is 0.338 e. The summed E-state index contributed by atoms with van der Waals surface area (Å²) in [4.78, 5) is 33.2. The van der Waals surface area contributed by atoms with Gasteiger partial charge in [-0.3, -0.25) is 9.36 Å². The zero-order valence-corrected chi connectivity index (χ0v) is 24.0. The number of para-hydroxylation sites is 1. The molecule has 0 fully saturated rings. The smallest absolute Gasteiger partial charge is 0.338 e. The molecule has 1 atom stereocenters. The molecule has 0 bridgehead atoms. The molecule has 0 saturated carbocycles. The molecule has 2 heterocycles. The zero-order chi connectivity index (χ0) is 28.9. The molecule has 1 aliphatic heterocycles. The van der Waals surface area contributed by atoms with Crippen LogP contribution < -0.4 is 24.4 Å². The number of hydrogen-bond acceptors (Lipinski definition) is 7. The van der Waals surface area contributed by atoms with Crippen LogP contribution in [0.4, 0.5) is 0 Å². The molecule has 3 aromatic carbocycles. The fourth-order valence-electron chi connectivity index (χ4n) is 5.12. The summed E-state index contributed by atoms with van der Waals surface area (Å²) in [7, 11) is 1.59. The highest BCUT2D eigenvalue weighted by Crippen LogP contribution is 2.41. The van der Waals surface area contributed by atoms with E-state index in [-0.39, 0.29) is 18.8 Å². The summed E-state index contributed by atoms with van der Waals surface area (Å²) in [6.45, 7) is 4.10. The number of benzene rings is 3. The Balaban J connectivity index is 1.85. The lowest BCUT2D eigenvalue weighted by Crippen LogP contribution is -2.40. The molecule has 8 heteroatoms. The molecule has 0 N–H and O–H groups in total. The van der Waals surface area contributed by atoms with Crippen LogP contribution in [0.25, 0.3) is 16.8 Å². The third-order valence-electron chi connectivity index (χ3n) is 6.83. The van der Waals surface area contributed by atoms with Gasteiger partial charge in [0.05, 0.1) is 29.5 Å². The van der Waals surface area contributed by atoms with E-state index in [2.05, 4.69) is 5.92 Å². The van der Waals surface area contributed by atoms with Gasteiger partial charge in [-0.25, -0.2) is 9.79 Å². The molecule has 0 amide bonds. The SMILES string of the molecule is C#CCOc1ccccc1/C=c1\sc2n(c1=O)[C@@H](c1c(OC)ccc3ccccc13)C(C(=O)OCC)=C(CCC)N=2. The van der Waals surface area contributed by atoms with Crippen molar-refractivity contribution >= 4 is 34.2 Å². The normalized spacial score (nSPS) is 14.8. The van der Waals surface area contributed by atoms with Gasteiger partial charge >= 0.3 is 5.97 Å². The number of nitrogens with zero attached hydrogens (tertiary/aromatic N) is 2. The quantitative estimate of drug-likeness (QED) is 0.216. The molecule has 0 saturated heterocycles. The van der Waals surface area contributed by atoms with Gasteiger partial charge in [0.25, 0.3) is 5.56 Å². The maximum absolute atomic E-state index is 14.2. The molecule has 1 aromatic heterocycles. The first-order valence-electron chi connectivity index (χ1n) is 13.4. The molecule has 0 spiro atoms. The third-order valence-corrected chi connectivity index (χ3v) is 7.82. The van der Waals surface area contributed by atoms with E-state index in [1.807, 2.05) is 67.6 Å². The van der Waals surface area contributed by atoms with Crippen LogP contribution in [0, 0.1) is 12.3 Å². The Labute approximate surface area is 242 Å². The van der Waals surface area contributed by atoms with Crippen molar-refractivity contribution in [2.45, 2.75) is 32.7 Å². The maximum atomic E-state index is 14.2. The van der Waals surface area contributed by atoms with Crippen molar-refractivity contribution in [3.8, 4) is 23.8 Å². The Hall–Kier alpha value is -4.61. The Bertz CT molecular complexity index is 1880. The average Bonchev–Trinajstić information content (AvgIpc) is 3.29. The van der Waals surface area contributed by atoms with E-state index in [1.165, 1.54) is 11.3 Å². The number of hydrogen-bond donors (Lipinski definition) is 0. The van der Waals surface area contributed by atoms with E-state index in [9.17, 15) is 9.59 Å². The first-order chi connectivity index (χ1) is 20.0. The van der Waals surface area contributed by atoms with E-state index < -0.39 is 12.0 Å². The Morgan fingerprint density at radius 2 is 1.88 bits per heavy atom. The van der Waals surface area contributed by atoms with Gasteiger partial charge in [-0.1, -0.05) is 79.1 Å². The van der Waals surface area contributed by atoms with Gasteiger partial charge in [-0.05, 0) is 42.3 Å². The van der Waals surface area contributed by atoms with Crippen molar-refractivity contribution in [1.29, 1.82) is 0 Å². The molecule has 1 aliphatic rings. The Morgan fingerprint density at radius 3 is 2.63 bits per heavy atom. The van der Waals surface area contributed by atoms with Crippen LogP contribution in [-0.4, -0.2) is 30.9 Å². The number of methoxy groups -OCH3 is 1. The molecule has 208 valence electrons. The van der Waals surface area contributed by atoms with Crippen molar-refractivity contribution in [3.63, 3.8) is 0 Å². The molecule has 0 aliphatic carbocycles. The molecular weight excluding hydrogens is 536 g/mol. The van der Waals surface area contributed by atoms with E-state index >= 15 is 0 Å². The number of allylic oxidation sites excluding steroid dienone is 1. The lowest BCUT2D eigenvalue weighted by atomic mass is 9.90. The molecule has 4 aromatic rings. The fourth-order valence-corrected chi connectivity index (χ4v) is 6.13. The largest absolute Gasteiger partial charge is 0.496 e. The number of carbonyl (C=O) groups is 1. The molecular formula is C33H30N2O5S. The predicted molar refractivity (Wildman–Crippen MR) is 161 cm³/mol. The second kappa shape index (κ2) is 12.3. The van der Waals surface area contributed by atoms with Crippen molar-refractivity contribution in [2.75, 3.05) is 20.3 Å². The lowest BCUT2D eigenvalue weighted by molar-refractivity contribution is -0.139. The van der Waals surface area contributed by atoms with Crippen LogP contribution >= 0.6 is 11.3 Å². The number of carbonyl (C=O) groups excluding carboxylic acids is 1. The van der Waals surface area contributed by atoms with Gasteiger partial charge in [-0.15, -0.1) is 6.42 Å². The number of fused-ring (bicyclic) bond motifs is 2. The van der Waals surface area contributed by atoms with Gasteiger partial charge in [0, 0.05) is 11.1 Å².